The third kappa shape index (κ3) is 3.47. The van der Waals surface area contributed by atoms with E-state index in [1.54, 1.807) is 4.90 Å². The summed E-state index contributed by atoms with van der Waals surface area (Å²) in [5.74, 6) is 1.24. The van der Waals surface area contributed by atoms with Crippen LogP contribution in [0.1, 0.15) is 32.1 Å². The van der Waals surface area contributed by atoms with Gasteiger partial charge in [0.05, 0.1) is 6.54 Å². The van der Waals surface area contributed by atoms with Crippen LogP contribution in [0.2, 0.25) is 0 Å². The van der Waals surface area contributed by atoms with Crippen molar-refractivity contribution in [3.8, 4) is 0 Å². The maximum absolute atomic E-state index is 12.2. The molecule has 3 fully saturated rings. The second-order valence-corrected chi connectivity index (χ2v) is 6.01. The lowest BCUT2D eigenvalue weighted by Gasteiger charge is -2.32. The number of ether oxygens (including phenoxy) is 1. The standard InChI is InChI=1S/C14H22N2O3/c17-12-8-16(6-1-7-19-9-10-2-3-10)14(18)13(15-12)11-4-5-11/h10-11,13H,1-9H2,(H,15,17). The monoisotopic (exact) mass is 266 g/mol. The van der Waals surface area contributed by atoms with Gasteiger partial charge in [0, 0.05) is 19.8 Å². The van der Waals surface area contributed by atoms with Crippen molar-refractivity contribution in [3.63, 3.8) is 0 Å². The predicted octanol–water partition coefficient (Wildman–Crippen LogP) is 0.540. The summed E-state index contributed by atoms with van der Waals surface area (Å²) < 4.78 is 5.56. The third-order valence-electron chi connectivity index (χ3n) is 4.09. The van der Waals surface area contributed by atoms with Crippen molar-refractivity contribution >= 4 is 11.8 Å². The Bertz CT molecular complexity index is 364. The lowest BCUT2D eigenvalue weighted by Crippen LogP contribution is -2.59. The first-order chi connectivity index (χ1) is 9.24. The molecule has 1 aliphatic heterocycles. The second-order valence-electron chi connectivity index (χ2n) is 6.01. The molecular weight excluding hydrogens is 244 g/mol. The van der Waals surface area contributed by atoms with Gasteiger partial charge in [0.15, 0.2) is 0 Å². The molecular formula is C14H22N2O3. The van der Waals surface area contributed by atoms with Crippen LogP contribution in [0, 0.1) is 11.8 Å². The van der Waals surface area contributed by atoms with E-state index in [1.165, 1.54) is 12.8 Å². The molecule has 2 saturated carbocycles. The Morgan fingerprint density at radius 1 is 1.21 bits per heavy atom. The topological polar surface area (TPSA) is 58.6 Å². The quantitative estimate of drug-likeness (QED) is 0.684. The first kappa shape index (κ1) is 12.9. The van der Waals surface area contributed by atoms with E-state index in [4.69, 9.17) is 4.74 Å². The molecule has 1 heterocycles. The molecule has 3 aliphatic rings. The van der Waals surface area contributed by atoms with Gasteiger partial charge in [0.2, 0.25) is 11.8 Å². The number of amides is 2. The van der Waals surface area contributed by atoms with Crippen molar-refractivity contribution in [2.45, 2.75) is 38.1 Å². The molecule has 19 heavy (non-hydrogen) atoms. The van der Waals surface area contributed by atoms with E-state index >= 15 is 0 Å². The Labute approximate surface area is 113 Å². The van der Waals surface area contributed by atoms with Gasteiger partial charge in [-0.05, 0) is 43.9 Å². The zero-order chi connectivity index (χ0) is 13.2. The molecule has 1 N–H and O–H groups in total. The number of piperazine rings is 1. The van der Waals surface area contributed by atoms with Crippen molar-refractivity contribution < 1.29 is 14.3 Å². The largest absolute Gasteiger partial charge is 0.381 e. The Balaban J connectivity index is 1.40. The van der Waals surface area contributed by atoms with Crippen LogP contribution in [0.3, 0.4) is 0 Å². The van der Waals surface area contributed by atoms with Crippen LogP contribution >= 0.6 is 0 Å². The highest BCUT2D eigenvalue weighted by molar-refractivity contribution is 5.95. The van der Waals surface area contributed by atoms with Gasteiger partial charge in [-0.15, -0.1) is 0 Å². The molecule has 0 aromatic rings. The van der Waals surface area contributed by atoms with Gasteiger partial charge in [0.1, 0.15) is 6.04 Å². The minimum atomic E-state index is -0.256. The average molecular weight is 266 g/mol. The van der Waals surface area contributed by atoms with Crippen LogP contribution in [0.4, 0.5) is 0 Å². The number of rotatable bonds is 7. The summed E-state index contributed by atoms with van der Waals surface area (Å²) in [6.07, 6.45) is 5.55. The average Bonchev–Trinajstić information content (AvgIpc) is 3.26. The van der Waals surface area contributed by atoms with Crippen LogP contribution in [-0.2, 0) is 14.3 Å². The molecule has 0 aromatic carbocycles. The Kier molecular flexibility index (Phi) is 3.73. The summed E-state index contributed by atoms with van der Waals surface area (Å²) in [7, 11) is 0. The van der Waals surface area contributed by atoms with E-state index in [1.807, 2.05) is 0 Å². The molecule has 106 valence electrons. The van der Waals surface area contributed by atoms with Crippen LogP contribution in [0.15, 0.2) is 0 Å². The first-order valence-corrected chi connectivity index (χ1v) is 7.40. The van der Waals surface area contributed by atoms with Crippen molar-refractivity contribution in [3.05, 3.63) is 0 Å². The molecule has 0 aromatic heterocycles. The number of nitrogens with one attached hydrogen (secondary N) is 1. The molecule has 2 amide bonds. The number of nitrogens with zero attached hydrogens (tertiary/aromatic N) is 1. The minimum absolute atomic E-state index is 0.0181. The lowest BCUT2D eigenvalue weighted by atomic mass is 10.1. The molecule has 5 nitrogen and oxygen atoms in total. The number of hydrogen-bond donors (Lipinski definition) is 1. The molecule has 1 unspecified atom stereocenters. The minimum Gasteiger partial charge on any atom is -0.381 e. The fourth-order valence-electron chi connectivity index (χ4n) is 2.56. The fourth-order valence-corrected chi connectivity index (χ4v) is 2.56. The van der Waals surface area contributed by atoms with E-state index in [-0.39, 0.29) is 24.4 Å². The maximum Gasteiger partial charge on any atom is 0.245 e. The zero-order valence-corrected chi connectivity index (χ0v) is 11.3. The molecule has 5 heteroatoms. The Morgan fingerprint density at radius 2 is 2.00 bits per heavy atom. The highest BCUT2D eigenvalue weighted by atomic mass is 16.5. The van der Waals surface area contributed by atoms with E-state index in [0.717, 1.165) is 31.8 Å². The van der Waals surface area contributed by atoms with Gasteiger partial charge >= 0.3 is 0 Å². The molecule has 0 radical (unpaired) electrons. The number of carbonyl (C=O) groups excluding carboxylic acids is 2. The lowest BCUT2D eigenvalue weighted by molar-refractivity contribution is -0.145. The highest BCUT2D eigenvalue weighted by Crippen LogP contribution is 2.34. The van der Waals surface area contributed by atoms with Crippen molar-refractivity contribution in [2.24, 2.45) is 11.8 Å². The van der Waals surface area contributed by atoms with Crippen LogP contribution < -0.4 is 5.32 Å². The van der Waals surface area contributed by atoms with Gasteiger partial charge in [-0.3, -0.25) is 9.59 Å². The van der Waals surface area contributed by atoms with Crippen molar-refractivity contribution in [2.75, 3.05) is 26.3 Å². The first-order valence-electron chi connectivity index (χ1n) is 7.40. The van der Waals surface area contributed by atoms with Crippen molar-refractivity contribution in [1.82, 2.24) is 10.2 Å². The van der Waals surface area contributed by atoms with Crippen LogP contribution in [-0.4, -0.2) is 49.1 Å². The smallest absolute Gasteiger partial charge is 0.245 e. The van der Waals surface area contributed by atoms with Gasteiger partial charge in [0.25, 0.3) is 0 Å². The van der Waals surface area contributed by atoms with E-state index in [2.05, 4.69) is 5.32 Å². The van der Waals surface area contributed by atoms with E-state index in [9.17, 15) is 9.59 Å². The van der Waals surface area contributed by atoms with Gasteiger partial charge in [-0.25, -0.2) is 0 Å². The summed E-state index contributed by atoms with van der Waals surface area (Å²) in [4.78, 5) is 25.5. The van der Waals surface area contributed by atoms with E-state index in [0.29, 0.717) is 19.1 Å². The van der Waals surface area contributed by atoms with E-state index < -0.39 is 0 Å². The van der Waals surface area contributed by atoms with Crippen LogP contribution in [0.5, 0.6) is 0 Å². The van der Waals surface area contributed by atoms with Crippen molar-refractivity contribution in [1.29, 1.82) is 0 Å². The molecule has 3 rings (SSSR count). The fraction of sp³-hybridized carbons (Fsp3) is 0.857. The summed E-state index contributed by atoms with van der Waals surface area (Å²) in [6, 6.07) is -0.256. The normalized spacial score (nSPS) is 27.6. The Morgan fingerprint density at radius 3 is 2.68 bits per heavy atom. The van der Waals surface area contributed by atoms with Gasteiger partial charge < -0.3 is 15.0 Å². The molecule has 0 spiro atoms. The third-order valence-corrected chi connectivity index (χ3v) is 4.09. The SMILES string of the molecule is O=C1CN(CCCOCC2CC2)C(=O)C(C2CC2)N1. The number of carbonyl (C=O) groups is 2. The summed E-state index contributed by atoms with van der Waals surface area (Å²) in [5, 5.41) is 2.82. The van der Waals surface area contributed by atoms with Gasteiger partial charge in [-0.1, -0.05) is 0 Å². The molecule has 0 bridgehead atoms. The summed E-state index contributed by atoms with van der Waals surface area (Å²) in [6.45, 7) is 2.40. The number of hydrogen-bond acceptors (Lipinski definition) is 3. The summed E-state index contributed by atoms with van der Waals surface area (Å²) in [5.41, 5.74) is 0. The predicted molar refractivity (Wildman–Crippen MR) is 69.4 cm³/mol. The molecule has 2 aliphatic carbocycles. The Hall–Kier alpha value is -1.10. The summed E-state index contributed by atoms with van der Waals surface area (Å²) >= 11 is 0. The highest BCUT2D eigenvalue weighted by Gasteiger charge is 2.42. The maximum atomic E-state index is 12.2. The molecule has 1 atom stereocenters. The second kappa shape index (κ2) is 5.49. The molecule has 1 saturated heterocycles. The van der Waals surface area contributed by atoms with Crippen LogP contribution in [0.25, 0.3) is 0 Å². The zero-order valence-electron chi connectivity index (χ0n) is 11.3. The van der Waals surface area contributed by atoms with Gasteiger partial charge in [-0.2, -0.15) is 0 Å².